The Kier molecular flexibility index (Phi) is 8.33. The minimum absolute atomic E-state index is 0.158. The van der Waals surface area contributed by atoms with Crippen LogP contribution in [0.15, 0.2) is 47.1 Å². The van der Waals surface area contributed by atoms with Crippen LogP contribution in [0, 0.1) is 6.92 Å². The molecule has 0 saturated carbocycles. The standard InChI is InChI=1S/C26H30BrClN6O2/c1-16-14-17(8-9-22(16)34-12-10-18(11-13-34)33(2)3)30-26-29-15-19(25(32-26)36-4)24(35)31-23-20(27)6-5-7-21(23)28/h5-9,14-15,18H,10-13H2,1-4H3,(H,31,35)(H,29,30,32). The van der Waals surface area contributed by atoms with Gasteiger partial charge in [0.15, 0.2) is 0 Å². The van der Waals surface area contributed by atoms with Gasteiger partial charge in [-0.3, -0.25) is 4.79 Å². The summed E-state index contributed by atoms with van der Waals surface area (Å²) in [6.45, 7) is 4.20. The second-order valence-electron chi connectivity index (χ2n) is 8.98. The van der Waals surface area contributed by atoms with E-state index in [1.54, 1.807) is 18.2 Å². The van der Waals surface area contributed by atoms with Crippen molar-refractivity contribution < 1.29 is 9.53 Å². The van der Waals surface area contributed by atoms with Crippen molar-refractivity contribution in [1.82, 2.24) is 14.9 Å². The molecule has 2 aromatic carbocycles. The summed E-state index contributed by atoms with van der Waals surface area (Å²) < 4.78 is 6.05. The van der Waals surface area contributed by atoms with E-state index in [1.165, 1.54) is 24.6 Å². The lowest BCUT2D eigenvalue weighted by Crippen LogP contribution is -2.42. The number of nitrogens with one attached hydrogen (secondary N) is 2. The highest BCUT2D eigenvalue weighted by molar-refractivity contribution is 9.10. The van der Waals surface area contributed by atoms with E-state index in [0.717, 1.165) is 31.6 Å². The Morgan fingerprint density at radius 1 is 1.22 bits per heavy atom. The Bertz CT molecular complexity index is 1230. The third-order valence-electron chi connectivity index (χ3n) is 6.38. The van der Waals surface area contributed by atoms with Crippen LogP contribution in [-0.4, -0.2) is 61.1 Å². The van der Waals surface area contributed by atoms with Gasteiger partial charge < -0.3 is 25.2 Å². The number of para-hydroxylation sites is 1. The number of hydrogen-bond acceptors (Lipinski definition) is 7. The zero-order valence-corrected chi connectivity index (χ0v) is 23.2. The van der Waals surface area contributed by atoms with Crippen LogP contribution in [0.25, 0.3) is 0 Å². The molecular weight excluding hydrogens is 544 g/mol. The van der Waals surface area contributed by atoms with Crippen LogP contribution in [0.3, 0.4) is 0 Å². The number of carbonyl (C=O) groups is 1. The van der Waals surface area contributed by atoms with Gasteiger partial charge in [0.2, 0.25) is 11.8 Å². The Labute approximate surface area is 225 Å². The summed E-state index contributed by atoms with van der Waals surface area (Å²) in [4.78, 5) is 26.4. The lowest BCUT2D eigenvalue weighted by atomic mass is 10.0. The van der Waals surface area contributed by atoms with Crippen LogP contribution in [0.4, 0.5) is 23.0 Å². The van der Waals surface area contributed by atoms with Gasteiger partial charge in [0, 0.05) is 41.2 Å². The van der Waals surface area contributed by atoms with Crippen LogP contribution in [-0.2, 0) is 0 Å². The monoisotopic (exact) mass is 572 g/mol. The number of ether oxygens (including phenoxy) is 1. The van der Waals surface area contributed by atoms with Crippen molar-refractivity contribution in [3.8, 4) is 5.88 Å². The SMILES string of the molecule is COc1nc(Nc2ccc(N3CCC(N(C)C)CC3)c(C)c2)ncc1C(=O)Nc1c(Cl)cccc1Br. The van der Waals surface area contributed by atoms with Gasteiger partial charge in [-0.1, -0.05) is 17.7 Å². The quantitative estimate of drug-likeness (QED) is 0.373. The number of methoxy groups -OCH3 is 1. The number of amides is 1. The van der Waals surface area contributed by atoms with Crippen LogP contribution in [0.5, 0.6) is 5.88 Å². The Hall–Kier alpha value is -2.88. The summed E-state index contributed by atoms with van der Waals surface area (Å²) in [6.07, 6.45) is 3.76. The number of piperidine rings is 1. The number of anilines is 4. The molecular formula is C26H30BrClN6O2. The fraction of sp³-hybridized carbons (Fsp3) is 0.346. The van der Waals surface area contributed by atoms with Gasteiger partial charge in [-0.25, -0.2) is 4.98 Å². The first kappa shape index (κ1) is 26.2. The van der Waals surface area contributed by atoms with Crippen LogP contribution >= 0.6 is 27.5 Å². The predicted molar refractivity (Wildman–Crippen MR) is 149 cm³/mol. The summed E-state index contributed by atoms with van der Waals surface area (Å²) in [6, 6.07) is 12.2. The minimum Gasteiger partial charge on any atom is -0.480 e. The molecule has 190 valence electrons. The zero-order valence-electron chi connectivity index (χ0n) is 20.8. The molecule has 1 saturated heterocycles. The van der Waals surface area contributed by atoms with Crippen molar-refractivity contribution >= 4 is 56.4 Å². The average molecular weight is 574 g/mol. The van der Waals surface area contributed by atoms with Gasteiger partial charge in [0.25, 0.3) is 5.91 Å². The highest BCUT2D eigenvalue weighted by atomic mass is 79.9. The van der Waals surface area contributed by atoms with Crippen molar-refractivity contribution in [1.29, 1.82) is 0 Å². The molecule has 36 heavy (non-hydrogen) atoms. The first-order valence-corrected chi connectivity index (χ1v) is 12.9. The number of nitrogens with zero attached hydrogens (tertiary/aromatic N) is 4. The molecule has 0 bridgehead atoms. The molecule has 1 aliphatic heterocycles. The molecule has 2 N–H and O–H groups in total. The maximum atomic E-state index is 12.9. The Balaban J connectivity index is 1.46. The van der Waals surface area contributed by atoms with Crippen molar-refractivity contribution in [2.45, 2.75) is 25.8 Å². The van der Waals surface area contributed by atoms with E-state index in [9.17, 15) is 4.79 Å². The van der Waals surface area contributed by atoms with E-state index in [1.807, 2.05) is 6.07 Å². The van der Waals surface area contributed by atoms with Crippen LogP contribution in [0.2, 0.25) is 5.02 Å². The van der Waals surface area contributed by atoms with Crippen molar-refractivity contribution in [2.24, 2.45) is 0 Å². The number of carbonyl (C=O) groups excluding carboxylic acids is 1. The summed E-state index contributed by atoms with van der Waals surface area (Å²) >= 11 is 9.62. The van der Waals surface area contributed by atoms with E-state index in [-0.39, 0.29) is 11.4 Å². The van der Waals surface area contributed by atoms with Crippen LogP contribution < -0.4 is 20.3 Å². The van der Waals surface area contributed by atoms with Crippen LogP contribution in [0.1, 0.15) is 28.8 Å². The molecule has 1 amide bonds. The fourth-order valence-corrected chi connectivity index (χ4v) is 5.18. The Morgan fingerprint density at radius 3 is 2.61 bits per heavy atom. The first-order chi connectivity index (χ1) is 17.3. The molecule has 10 heteroatoms. The molecule has 8 nitrogen and oxygen atoms in total. The van der Waals surface area contributed by atoms with Gasteiger partial charge in [-0.2, -0.15) is 4.98 Å². The second-order valence-corrected chi connectivity index (χ2v) is 10.2. The highest BCUT2D eigenvalue weighted by Gasteiger charge is 2.22. The number of benzene rings is 2. The summed E-state index contributed by atoms with van der Waals surface area (Å²) in [7, 11) is 5.77. The molecule has 1 aromatic heterocycles. The molecule has 0 spiro atoms. The topological polar surface area (TPSA) is 82.6 Å². The summed E-state index contributed by atoms with van der Waals surface area (Å²) in [5.41, 5.74) is 3.95. The van der Waals surface area contributed by atoms with E-state index in [2.05, 4.69) is 79.5 Å². The molecule has 1 fully saturated rings. The molecule has 0 aliphatic carbocycles. The summed E-state index contributed by atoms with van der Waals surface area (Å²) in [5.74, 6) is 0.0667. The number of aromatic nitrogens is 2. The summed E-state index contributed by atoms with van der Waals surface area (Å²) in [5, 5.41) is 6.42. The first-order valence-electron chi connectivity index (χ1n) is 11.7. The number of halogens is 2. The largest absolute Gasteiger partial charge is 0.480 e. The van der Waals surface area contributed by atoms with Gasteiger partial charge in [0.1, 0.15) is 5.56 Å². The minimum atomic E-state index is -0.426. The molecule has 0 atom stereocenters. The van der Waals surface area contributed by atoms with Crippen molar-refractivity contribution in [3.63, 3.8) is 0 Å². The lowest BCUT2D eigenvalue weighted by Gasteiger charge is -2.37. The number of hydrogen-bond donors (Lipinski definition) is 2. The van der Waals surface area contributed by atoms with E-state index in [4.69, 9.17) is 16.3 Å². The maximum Gasteiger partial charge on any atom is 0.262 e. The second kappa shape index (κ2) is 11.5. The molecule has 2 heterocycles. The fourth-order valence-electron chi connectivity index (χ4n) is 4.38. The maximum absolute atomic E-state index is 12.9. The van der Waals surface area contributed by atoms with Gasteiger partial charge in [0.05, 0.1) is 17.8 Å². The molecule has 1 aliphatic rings. The number of aryl methyl sites for hydroxylation is 1. The molecule has 0 unspecified atom stereocenters. The lowest BCUT2D eigenvalue weighted by molar-refractivity contribution is 0.102. The van der Waals surface area contributed by atoms with E-state index < -0.39 is 5.91 Å². The third kappa shape index (κ3) is 5.91. The predicted octanol–water partition coefficient (Wildman–Crippen LogP) is 5.74. The van der Waals surface area contributed by atoms with Gasteiger partial charge >= 0.3 is 0 Å². The van der Waals surface area contributed by atoms with Gasteiger partial charge in [-0.15, -0.1) is 0 Å². The number of rotatable bonds is 7. The van der Waals surface area contributed by atoms with E-state index in [0.29, 0.717) is 27.2 Å². The Morgan fingerprint density at radius 2 is 1.97 bits per heavy atom. The zero-order chi connectivity index (χ0) is 25.8. The van der Waals surface area contributed by atoms with Gasteiger partial charge in [-0.05, 0) is 85.7 Å². The highest BCUT2D eigenvalue weighted by Crippen LogP contribution is 2.32. The van der Waals surface area contributed by atoms with E-state index >= 15 is 0 Å². The van der Waals surface area contributed by atoms with Crippen molar-refractivity contribution in [3.05, 3.63) is 63.2 Å². The smallest absolute Gasteiger partial charge is 0.262 e. The molecule has 4 rings (SSSR count). The third-order valence-corrected chi connectivity index (χ3v) is 7.36. The molecule has 0 radical (unpaired) electrons. The van der Waals surface area contributed by atoms with Crippen molar-refractivity contribution in [2.75, 3.05) is 49.8 Å². The molecule has 3 aromatic rings. The average Bonchev–Trinajstić information content (AvgIpc) is 2.86. The normalized spacial score (nSPS) is 14.1.